The minimum Gasteiger partial charge on any atom is -0.494 e. The van der Waals surface area contributed by atoms with Crippen molar-refractivity contribution in [1.82, 2.24) is 5.32 Å². The molecule has 23 heavy (non-hydrogen) atoms. The zero-order valence-corrected chi connectivity index (χ0v) is 13.7. The Hall–Kier alpha value is -2.29. The number of amides is 1. The van der Waals surface area contributed by atoms with Crippen LogP contribution in [0.25, 0.3) is 0 Å². The topological polar surface area (TPSA) is 38.3 Å². The summed E-state index contributed by atoms with van der Waals surface area (Å²) >= 11 is 0. The van der Waals surface area contributed by atoms with Crippen molar-refractivity contribution in [2.75, 3.05) is 6.61 Å². The molecule has 0 bridgehead atoms. The monoisotopic (exact) mass is 309 g/mol. The fraction of sp³-hybridized carbons (Fsp3) is 0.350. The lowest BCUT2D eigenvalue weighted by molar-refractivity contribution is -0.124. The van der Waals surface area contributed by atoms with E-state index in [1.807, 2.05) is 68.4 Å². The molecular formula is C20H23NO2. The van der Waals surface area contributed by atoms with Crippen LogP contribution in [0.3, 0.4) is 0 Å². The molecule has 1 fully saturated rings. The van der Waals surface area contributed by atoms with Crippen LogP contribution in [0.1, 0.15) is 43.9 Å². The number of carbonyl (C=O) groups excluding carboxylic acids is 1. The quantitative estimate of drug-likeness (QED) is 0.876. The van der Waals surface area contributed by atoms with Crippen molar-refractivity contribution in [1.29, 1.82) is 0 Å². The summed E-state index contributed by atoms with van der Waals surface area (Å²) in [6.07, 6.45) is 1.86. The molecule has 0 saturated heterocycles. The second-order valence-electron chi connectivity index (χ2n) is 6.15. The number of rotatable bonds is 6. The maximum absolute atomic E-state index is 12.7. The summed E-state index contributed by atoms with van der Waals surface area (Å²) in [5.41, 5.74) is 1.89. The predicted molar refractivity (Wildman–Crippen MR) is 91.5 cm³/mol. The minimum atomic E-state index is -0.319. The molecule has 1 amide bonds. The van der Waals surface area contributed by atoms with Crippen LogP contribution >= 0.6 is 0 Å². The maximum Gasteiger partial charge on any atom is 0.231 e. The van der Waals surface area contributed by atoms with Gasteiger partial charge in [0, 0.05) is 0 Å². The number of hydrogen-bond acceptors (Lipinski definition) is 2. The smallest absolute Gasteiger partial charge is 0.231 e. The van der Waals surface area contributed by atoms with Gasteiger partial charge in [0.2, 0.25) is 5.91 Å². The van der Waals surface area contributed by atoms with Gasteiger partial charge in [-0.15, -0.1) is 0 Å². The molecule has 2 aromatic rings. The fourth-order valence-corrected chi connectivity index (χ4v) is 2.97. The fourth-order valence-electron chi connectivity index (χ4n) is 2.97. The second-order valence-corrected chi connectivity index (χ2v) is 6.15. The van der Waals surface area contributed by atoms with Crippen molar-refractivity contribution in [3.05, 3.63) is 65.7 Å². The van der Waals surface area contributed by atoms with Gasteiger partial charge in [-0.25, -0.2) is 0 Å². The summed E-state index contributed by atoms with van der Waals surface area (Å²) in [6, 6.07) is 18.0. The van der Waals surface area contributed by atoms with Gasteiger partial charge >= 0.3 is 0 Å². The first-order valence-corrected chi connectivity index (χ1v) is 8.25. The molecule has 3 heteroatoms. The third-order valence-corrected chi connectivity index (χ3v) is 4.55. The Bertz CT molecular complexity index is 660. The third kappa shape index (κ3) is 3.24. The van der Waals surface area contributed by atoms with Gasteiger partial charge in [0.05, 0.1) is 18.1 Å². The molecule has 120 valence electrons. The van der Waals surface area contributed by atoms with Crippen LogP contribution in [0, 0.1) is 0 Å². The Morgan fingerprint density at radius 2 is 1.78 bits per heavy atom. The highest BCUT2D eigenvalue weighted by atomic mass is 16.5. The van der Waals surface area contributed by atoms with E-state index in [1.165, 1.54) is 0 Å². The van der Waals surface area contributed by atoms with Gasteiger partial charge in [0.15, 0.2) is 0 Å². The summed E-state index contributed by atoms with van der Waals surface area (Å²) in [5, 5.41) is 3.17. The maximum atomic E-state index is 12.7. The number of benzene rings is 2. The normalized spacial score (nSPS) is 16.4. The van der Waals surface area contributed by atoms with E-state index in [-0.39, 0.29) is 17.4 Å². The van der Waals surface area contributed by atoms with Gasteiger partial charge in [-0.3, -0.25) is 4.79 Å². The van der Waals surface area contributed by atoms with Gasteiger partial charge in [0.25, 0.3) is 0 Å². The zero-order chi connectivity index (χ0) is 16.3. The van der Waals surface area contributed by atoms with Gasteiger partial charge < -0.3 is 10.1 Å². The highest BCUT2D eigenvalue weighted by Crippen LogP contribution is 2.48. The first kappa shape index (κ1) is 15.6. The van der Waals surface area contributed by atoms with E-state index in [2.05, 4.69) is 5.32 Å². The molecule has 3 nitrogen and oxygen atoms in total. The molecule has 0 spiro atoms. The van der Waals surface area contributed by atoms with Crippen molar-refractivity contribution >= 4 is 5.91 Å². The first-order valence-electron chi connectivity index (χ1n) is 8.25. The minimum absolute atomic E-state index is 0.0145. The molecule has 1 aliphatic carbocycles. The summed E-state index contributed by atoms with van der Waals surface area (Å²) < 4.78 is 5.46. The second kappa shape index (κ2) is 6.45. The first-order chi connectivity index (χ1) is 11.2. The van der Waals surface area contributed by atoms with E-state index in [0.29, 0.717) is 6.61 Å². The lowest BCUT2D eigenvalue weighted by Crippen LogP contribution is -2.36. The van der Waals surface area contributed by atoms with Crippen LogP contribution in [0.4, 0.5) is 0 Å². The molecule has 0 aromatic heterocycles. The number of nitrogens with one attached hydrogen (secondary N) is 1. The molecule has 2 aromatic carbocycles. The van der Waals surface area contributed by atoms with Crippen molar-refractivity contribution in [3.63, 3.8) is 0 Å². The molecule has 1 saturated carbocycles. The molecule has 3 rings (SSSR count). The lowest BCUT2D eigenvalue weighted by Gasteiger charge is -2.20. The van der Waals surface area contributed by atoms with E-state index >= 15 is 0 Å². The molecular weight excluding hydrogens is 286 g/mol. The zero-order valence-electron chi connectivity index (χ0n) is 13.7. The van der Waals surface area contributed by atoms with Crippen molar-refractivity contribution < 1.29 is 9.53 Å². The van der Waals surface area contributed by atoms with Crippen LogP contribution in [0.5, 0.6) is 5.75 Å². The Labute approximate surface area is 137 Å². The Kier molecular flexibility index (Phi) is 4.37. The largest absolute Gasteiger partial charge is 0.494 e. The van der Waals surface area contributed by atoms with Crippen molar-refractivity contribution in [3.8, 4) is 5.75 Å². The summed E-state index contributed by atoms with van der Waals surface area (Å²) in [6.45, 7) is 4.65. The highest BCUT2D eigenvalue weighted by Gasteiger charge is 2.51. The van der Waals surface area contributed by atoms with Crippen LogP contribution in [0.2, 0.25) is 0 Å². The van der Waals surface area contributed by atoms with E-state index < -0.39 is 0 Å². The van der Waals surface area contributed by atoms with E-state index in [4.69, 9.17) is 4.74 Å². The Morgan fingerprint density at radius 1 is 1.13 bits per heavy atom. The van der Waals surface area contributed by atoms with Crippen LogP contribution in [-0.2, 0) is 10.2 Å². The van der Waals surface area contributed by atoms with E-state index in [0.717, 1.165) is 29.7 Å². The Morgan fingerprint density at radius 3 is 2.35 bits per heavy atom. The van der Waals surface area contributed by atoms with Gasteiger partial charge in [-0.2, -0.15) is 0 Å². The average molecular weight is 309 g/mol. The molecule has 1 N–H and O–H groups in total. The molecule has 1 aliphatic rings. The van der Waals surface area contributed by atoms with Gasteiger partial charge in [-0.05, 0) is 49.9 Å². The molecule has 0 aliphatic heterocycles. The van der Waals surface area contributed by atoms with E-state index in [1.54, 1.807) is 0 Å². The molecule has 0 heterocycles. The molecule has 1 atom stereocenters. The van der Waals surface area contributed by atoms with E-state index in [9.17, 15) is 4.79 Å². The predicted octanol–water partition coefficient (Wildman–Crippen LogP) is 3.99. The van der Waals surface area contributed by atoms with Crippen LogP contribution in [-0.4, -0.2) is 12.5 Å². The van der Waals surface area contributed by atoms with Gasteiger partial charge in [-0.1, -0.05) is 42.5 Å². The third-order valence-electron chi connectivity index (χ3n) is 4.55. The average Bonchev–Trinajstić information content (AvgIpc) is 3.38. The molecule has 0 radical (unpaired) electrons. The number of carbonyl (C=O) groups is 1. The van der Waals surface area contributed by atoms with Crippen molar-refractivity contribution in [2.24, 2.45) is 0 Å². The summed E-state index contributed by atoms with van der Waals surface area (Å²) in [7, 11) is 0. The lowest BCUT2D eigenvalue weighted by atomic mass is 9.94. The number of ether oxygens (including phenoxy) is 1. The SMILES string of the molecule is CCOc1ccc(C(C)NC(=O)C2(c3ccccc3)CC2)cc1. The highest BCUT2D eigenvalue weighted by molar-refractivity contribution is 5.91. The molecule has 1 unspecified atom stereocenters. The Balaban J connectivity index is 1.68. The van der Waals surface area contributed by atoms with Crippen molar-refractivity contribution in [2.45, 2.75) is 38.1 Å². The van der Waals surface area contributed by atoms with Gasteiger partial charge in [0.1, 0.15) is 5.75 Å². The van der Waals surface area contributed by atoms with Crippen LogP contribution < -0.4 is 10.1 Å². The standard InChI is InChI=1S/C20H23NO2/c1-3-23-18-11-9-16(10-12-18)15(2)21-19(22)20(13-14-20)17-7-5-4-6-8-17/h4-12,15H,3,13-14H2,1-2H3,(H,21,22). The summed E-state index contributed by atoms with van der Waals surface area (Å²) in [4.78, 5) is 12.7. The number of hydrogen-bond donors (Lipinski definition) is 1. The van der Waals surface area contributed by atoms with Crippen LogP contribution in [0.15, 0.2) is 54.6 Å². The summed E-state index contributed by atoms with van der Waals surface area (Å²) in [5.74, 6) is 0.989.